The van der Waals surface area contributed by atoms with Gasteiger partial charge >= 0.3 is 0 Å². The quantitative estimate of drug-likeness (QED) is 0.384. The highest BCUT2D eigenvalue weighted by Gasteiger charge is 2.34. The van der Waals surface area contributed by atoms with Gasteiger partial charge in [0.1, 0.15) is 10.9 Å². The van der Waals surface area contributed by atoms with Crippen molar-refractivity contribution in [1.82, 2.24) is 4.90 Å². The Hall–Kier alpha value is -2.35. The summed E-state index contributed by atoms with van der Waals surface area (Å²) in [6, 6.07) is 14.0. The Morgan fingerprint density at radius 2 is 2.00 bits per heavy atom. The molecule has 1 unspecified atom stereocenters. The molecule has 2 saturated heterocycles. The van der Waals surface area contributed by atoms with Crippen LogP contribution in [0.4, 0.5) is 0 Å². The van der Waals surface area contributed by atoms with E-state index in [9.17, 15) is 4.79 Å². The first kappa shape index (κ1) is 22.8. The number of carbonyl (C=O) groups excluding carboxylic acids is 1. The summed E-state index contributed by atoms with van der Waals surface area (Å²) in [7, 11) is 0. The average molecular weight is 470 g/mol. The molecule has 0 bridgehead atoms. The summed E-state index contributed by atoms with van der Waals surface area (Å²) in [4.78, 5) is 15.2. The van der Waals surface area contributed by atoms with Crippen molar-refractivity contribution in [3.05, 3.63) is 64.1 Å². The van der Waals surface area contributed by atoms with E-state index in [0.29, 0.717) is 40.5 Å². The topological polar surface area (TPSA) is 48.0 Å². The SMILES string of the molecule is CCOc1cc(/C=C2\SC(=S)N(CC3CCCO3)C2=O)ccc1OCc1ccc(C)cc1. The standard InChI is InChI=1S/C25H27NO4S2/c1-3-28-22-13-19(10-11-21(22)30-16-18-8-6-17(2)7-9-18)14-23-24(27)26(25(31)32-23)15-20-5-4-12-29-20/h6-11,13-14,20H,3-5,12,15-16H2,1-2H3/b23-14-. The van der Waals surface area contributed by atoms with Crippen LogP contribution in [0.15, 0.2) is 47.4 Å². The summed E-state index contributed by atoms with van der Waals surface area (Å²) >= 11 is 6.78. The Morgan fingerprint density at radius 1 is 1.19 bits per heavy atom. The second kappa shape index (κ2) is 10.5. The zero-order valence-electron chi connectivity index (χ0n) is 18.3. The second-order valence-electron chi connectivity index (χ2n) is 7.84. The lowest BCUT2D eigenvalue weighted by molar-refractivity contribution is -0.123. The van der Waals surface area contributed by atoms with Gasteiger partial charge in [-0.25, -0.2) is 0 Å². The van der Waals surface area contributed by atoms with Crippen molar-refractivity contribution in [3.63, 3.8) is 0 Å². The van der Waals surface area contributed by atoms with Crippen molar-refractivity contribution in [2.75, 3.05) is 19.8 Å². The van der Waals surface area contributed by atoms with Crippen molar-refractivity contribution in [2.45, 2.75) is 39.4 Å². The first-order chi connectivity index (χ1) is 15.5. The number of nitrogens with zero attached hydrogens (tertiary/aromatic N) is 1. The van der Waals surface area contributed by atoms with Gasteiger partial charge in [-0.2, -0.15) is 0 Å². The van der Waals surface area contributed by atoms with Gasteiger partial charge in [-0.05, 0) is 56.0 Å². The molecule has 0 N–H and O–H groups in total. The summed E-state index contributed by atoms with van der Waals surface area (Å²) in [5.74, 6) is 1.27. The molecule has 0 spiro atoms. The Kier molecular flexibility index (Phi) is 7.50. The first-order valence-corrected chi connectivity index (χ1v) is 12.1. The van der Waals surface area contributed by atoms with Gasteiger partial charge in [0.05, 0.1) is 24.2 Å². The maximum Gasteiger partial charge on any atom is 0.266 e. The van der Waals surface area contributed by atoms with Crippen LogP contribution in [0.25, 0.3) is 6.08 Å². The zero-order chi connectivity index (χ0) is 22.5. The number of amides is 1. The van der Waals surface area contributed by atoms with Gasteiger partial charge in [-0.3, -0.25) is 9.69 Å². The van der Waals surface area contributed by atoms with Crippen molar-refractivity contribution >= 4 is 40.3 Å². The molecule has 0 saturated carbocycles. The summed E-state index contributed by atoms with van der Waals surface area (Å²) < 4.78 is 18.1. The van der Waals surface area contributed by atoms with Gasteiger partial charge in [-0.15, -0.1) is 0 Å². The van der Waals surface area contributed by atoms with Gasteiger partial charge in [0.25, 0.3) is 5.91 Å². The lowest BCUT2D eigenvalue weighted by Gasteiger charge is -2.18. The van der Waals surface area contributed by atoms with Gasteiger partial charge in [0.2, 0.25) is 0 Å². The minimum atomic E-state index is -0.0619. The monoisotopic (exact) mass is 469 g/mol. The fourth-order valence-corrected chi connectivity index (χ4v) is 4.92. The summed E-state index contributed by atoms with van der Waals surface area (Å²) in [5, 5.41) is 0. The third-order valence-electron chi connectivity index (χ3n) is 5.36. The lowest BCUT2D eigenvalue weighted by atomic mass is 10.1. The van der Waals surface area contributed by atoms with E-state index in [-0.39, 0.29) is 12.0 Å². The number of aryl methyl sites for hydroxylation is 1. The minimum absolute atomic E-state index is 0.0619. The molecule has 5 nitrogen and oxygen atoms in total. The molecule has 1 amide bonds. The van der Waals surface area contributed by atoms with E-state index >= 15 is 0 Å². The van der Waals surface area contributed by atoms with Crippen LogP contribution in [0, 0.1) is 6.92 Å². The molecule has 2 fully saturated rings. The highest BCUT2D eigenvalue weighted by atomic mass is 32.2. The molecule has 32 heavy (non-hydrogen) atoms. The highest BCUT2D eigenvalue weighted by molar-refractivity contribution is 8.26. The predicted octanol–water partition coefficient (Wildman–Crippen LogP) is 5.35. The highest BCUT2D eigenvalue weighted by Crippen LogP contribution is 2.35. The zero-order valence-corrected chi connectivity index (χ0v) is 20.0. The average Bonchev–Trinajstić information content (AvgIpc) is 3.39. The smallest absolute Gasteiger partial charge is 0.266 e. The van der Waals surface area contributed by atoms with Crippen molar-refractivity contribution in [1.29, 1.82) is 0 Å². The molecule has 0 aromatic heterocycles. The van der Waals surface area contributed by atoms with Gasteiger partial charge in [0.15, 0.2) is 11.5 Å². The van der Waals surface area contributed by atoms with Crippen LogP contribution in [0.5, 0.6) is 11.5 Å². The first-order valence-electron chi connectivity index (χ1n) is 10.9. The molecule has 2 aliphatic rings. The van der Waals surface area contributed by atoms with E-state index in [2.05, 4.69) is 31.2 Å². The summed E-state index contributed by atoms with van der Waals surface area (Å²) in [6.45, 7) is 6.26. The van der Waals surface area contributed by atoms with Crippen molar-refractivity contribution in [3.8, 4) is 11.5 Å². The Balaban J connectivity index is 1.47. The molecule has 2 aliphatic heterocycles. The van der Waals surface area contributed by atoms with Gasteiger partial charge in [-0.1, -0.05) is 59.9 Å². The van der Waals surface area contributed by atoms with Gasteiger partial charge < -0.3 is 14.2 Å². The molecule has 1 atom stereocenters. The molecular weight excluding hydrogens is 442 g/mol. The maximum atomic E-state index is 12.9. The van der Waals surface area contributed by atoms with Crippen LogP contribution in [0.1, 0.15) is 36.5 Å². The van der Waals surface area contributed by atoms with Crippen LogP contribution >= 0.6 is 24.0 Å². The van der Waals surface area contributed by atoms with E-state index in [1.165, 1.54) is 17.3 Å². The summed E-state index contributed by atoms with van der Waals surface area (Å²) in [6.07, 6.45) is 3.94. The molecule has 168 valence electrons. The Bertz CT molecular complexity index is 1010. The molecule has 4 rings (SSSR count). The van der Waals surface area contributed by atoms with E-state index in [1.807, 2.05) is 31.2 Å². The fraction of sp³-hybridized carbons (Fsp3) is 0.360. The van der Waals surface area contributed by atoms with E-state index in [4.69, 9.17) is 26.4 Å². The molecule has 0 radical (unpaired) electrons. The molecule has 2 aromatic rings. The Labute approximate surface area is 198 Å². The number of carbonyl (C=O) groups is 1. The van der Waals surface area contributed by atoms with E-state index in [0.717, 1.165) is 30.6 Å². The van der Waals surface area contributed by atoms with Crippen LogP contribution in [-0.2, 0) is 16.1 Å². The third-order valence-corrected chi connectivity index (χ3v) is 6.74. The number of rotatable bonds is 8. The largest absolute Gasteiger partial charge is 0.490 e. The lowest BCUT2D eigenvalue weighted by Crippen LogP contribution is -2.35. The van der Waals surface area contributed by atoms with Crippen LogP contribution in [0.2, 0.25) is 0 Å². The molecule has 7 heteroatoms. The molecule has 2 heterocycles. The minimum Gasteiger partial charge on any atom is -0.490 e. The third kappa shape index (κ3) is 5.52. The number of hydrogen-bond acceptors (Lipinski definition) is 6. The van der Waals surface area contributed by atoms with Gasteiger partial charge in [0, 0.05) is 6.61 Å². The van der Waals surface area contributed by atoms with E-state index < -0.39 is 0 Å². The van der Waals surface area contributed by atoms with E-state index in [1.54, 1.807) is 4.90 Å². The van der Waals surface area contributed by atoms with Crippen LogP contribution in [-0.4, -0.2) is 41.0 Å². The summed E-state index contributed by atoms with van der Waals surface area (Å²) in [5.41, 5.74) is 3.18. The maximum absolute atomic E-state index is 12.9. The molecular formula is C25H27NO4S2. The van der Waals surface area contributed by atoms with Crippen molar-refractivity contribution in [2.24, 2.45) is 0 Å². The normalized spacial score (nSPS) is 19.8. The number of thiocarbonyl (C=S) groups is 1. The van der Waals surface area contributed by atoms with Crippen LogP contribution in [0.3, 0.4) is 0 Å². The van der Waals surface area contributed by atoms with Crippen LogP contribution < -0.4 is 9.47 Å². The fourth-order valence-electron chi connectivity index (χ4n) is 3.65. The number of thioether (sulfide) groups is 1. The Morgan fingerprint density at radius 3 is 2.72 bits per heavy atom. The molecule has 2 aromatic carbocycles. The number of ether oxygens (including phenoxy) is 3. The molecule has 0 aliphatic carbocycles. The number of benzene rings is 2. The number of hydrogen-bond donors (Lipinski definition) is 0. The predicted molar refractivity (Wildman–Crippen MR) is 132 cm³/mol. The van der Waals surface area contributed by atoms with Crippen molar-refractivity contribution < 1.29 is 19.0 Å². The second-order valence-corrected chi connectivity index (χ2v) is 9.52.